The Balaban J connectivity index is 1.79. The number of carbonyl (C=O) groups excluding carboxylic acids is 1. The second kappa shape index (κ2) is 7.09. The summed E-state index contributed by atoms with van der Waals surface area (Å²) in [6.07, 6.45) is 2.26. The minimum absolute atomic E-state index is 0.0363. The lowest BCUT2D eigenvalue weighted by atomic mass is 10.1. The first-order valence-electron chi connectivity index (χ1n) is 6.84. The Labute approximate surface area is 128 Å². The highest BCUT2D eigenvalue weighted by molar-refractivity contribution is 9.10. The molecule has 4 nitrogen and oxygen atoms in total. The third kappa shape index (κ3) is 4.21. The van der Waals surface area contributed by atoms with Crippen LogP contribution in [0.2, 0.25) is 0 Å². The van der Waals surface area contributed by atoms with Crippen molar-refractivity contribution in [2.24, 2.45) is 0 Å². The normalized spacial score (nSPS) is 18.1. The standard InChI is InChI=1S/C15H20BrNO3/c1-10-7-14(11(2)6-13(10)16)20-9-15(18)17-8-12-4-3-5-19-12/h6-7,12H,3-5,8-9H2,1-2H3,(H,17,18)/t12-/m0/s1. The molecule has 1 aliphatic rings. The van der Waals surface area contributed by atoms with E-state index in [4.69, 9.17) is 9.47 Å². The lowest BCUT2D eigenvalue weighted by molar-refractivity contribution is -0.123. The summed E-state index contributed by atoms with van der Waals surface area (Å²) in [6, 6.07) is 3.93. The van der Waals surface area contributed by atoms with Crippen molar-refractivity contribution in [2.45, 2.75) is 32.8 Å². The van der Waals surface area contributed by atoms with Crippen LogP contribution >= 0.6 is 15.9 Å². The molecule has 0 saturated carbocycles. The molecule has 1 atom stereocenters. The molecule has 1 aromatic carbocycles. The van der Waals surface area contributed by atoms with Crippen molar-refractivity contribution in [3.05, 3.63) is 27.7 Å². The number of rotatable bonds is 5. The fourth-order valence-electron chi connectivity index (χ4n) is 2.14. The summed E-state index contributed by atoms with van der Waals surface area (Å²) in [6.45, 7) is 5.36. The average Bonchev–Trinajstić information content (AvgIpc) is 2.92. The molecule has 1 amide bonds. The van der Waals surface area contributed by atoms with Crippen LogP contribution in [-0.4, -0.2) is 31.8 Å². The summed E-state index contributed by atoms with van der Waals surface area (Å²) < 4.78 is 12.1. The zero-order valence-corrected chi connectivity index (χ0v) is 13.5. The maximum atomic E-state index is 11.7. The van der Waals surface area contributed by atoms with Gasteiger partial charge in [0.05, 0.1) is 6.10 Å². The Hall–Kier alpha value is -1.07. The van der Waals surface area contributed by atoms with Crippen LogP contribution in [0.3, 0.4) is 0 Å². The van der Waals surface area contributed by atoms with Gasteiger partial charge in [0.1, 0.15) is 5.75 Å². The van der Waals surface area contributed by atoms with Gasteiger partial charge in [0.15, 0.2) is 6.61 Å². The molecule has 20 heavy (non-hydrogen) atoms. The highest BCUT2D eigenvalue weighted by atomic mass is 79.9. The smallest absolute Gasteiger partial charge is 0.258 e. The Bertz CT molecular complexity index is 484. The van der Waals surface area contributed by atoms with Gasteiger partial charge in [-0.15, -0.1) is 0 Å². The topological polar surface area (TPSA) is 47.6 Å². The molecule has 0 bridgehead atoms. The molecule has 0 spiro atoms. The Morgan fingerprint density at radius 1 is 1.45 bits per heavy atom. The summed E-state index contributed by atoms with van der Waals surface area (Å²) in [5.41, 5.74) is 2.10. The number of carbonyl (C=O) groups is 1. The minimum atomic E-state index is -0.111. The highest BCUT2D eigenvalue weighted by Crippen LogP contribution is 2.26. The van der Waals surface area contributed by atoms with Crippen molar-refractivity contribution in [3.8, 4) is 5.75 Å². The molecule has 5 heteroatoms. The van der Waals surface area contributed by atoms with Crippen molar-refractivity contribution in [2.75, 3.05) is 19.8 Å². The Morgan fingerprint density at radius 2 is 2.25 bits per heavy atom. The van der Waals surface area contributed by atoms with Crippen LogP contribution in [0.25, 0.3) is 0 Å². The molecule has 1 aromatic rings. The van der Waals surface area contributed by atoms with Gasteiger partial charge in [0.2, 0.25) is 0 Å². The van der Waals surface area contributed by atoms with Gasteiger partial charge in [-0.05, 0) is 49.9 Å². The second-order valence-corrected chi connectivity index (χ2v) is 5.95. The lowest BCUT2D eigenvalue weighted by Gasteiger charge is -2.13. The van der Waals surface area contributed by atoms with Crippen LogP contribution in [0.5, 0.6) is 5.75 Å². The molecule has 0 radical (unpaired) electrons. The molecule has 0 unspecified atom stereocenters. The third-order valence-electron chi connectivity index (χ3n) is 3.37. The van der Waals surface area contributed by atoms with E-state index in [9.17, 15) is 4.79 Å². The third-order valence-corrected chi connectivity index (χ3v) is 4.22. The quantitative estimate of drug-likeness (QED) is 0.895. The number of hydrogen-bond donors (Lipinski definition) is 1. The van der Waals surface area contributed by atoms with Gasteiger partial charge in [-0.3, -0.25) is 4.79 Å². The average molecular weight is 342 g/mol. The predicted octanol–water partition coefficient (Wildman–Crippen LogP) is 2.74. The highest BCUT2D eigenvalue weighted by Gasteiger charge is 2.16. The largest absolute Gasteiger partial charge is 0.483 e. The van der Waals surface area contributed by atoms with E-state index < -0.39 is 0 Å². The zero-order valence-electron chi connectivity index (χ0n) is 11.9. The molecular formula is C15H20BrNO3. The molecule has 1 saturated heterocycles. The number of nitrogens with one attached hydrogen (secondary N) is 1. The summed E-state index contributed by atoms with van der Waals surface area (Å²) >= 11 is 3.47. The van der Waals surface area contributed by atoms with Crippen molar-refractivity contribution in [1.29, 1.82) is 0 Å². The fraction of sp³-hybridized carbons (Fsp3) is 0.533. The maximum Gasteiger partial charge on any atom is 0.258 e. The molecule has 1 aliphatic heterocycles. The molecule has 0 aliphatic carbocycles. The Morgan fingerprint density at radius 3 is 2.95 bits per heavy atom. The van der Waals surface area contributed by atoms with Crippen molar-refractivity contribution in [3.63, 3.8) is 0 Å². The number of halogens is 1. The van der Waals surface area contributed by atoms with Crippen LogP contribution in [0, 0.1) is 13.8 Å². The van der Waals surface area contributed by atoms with Gasteiger partial charge in [-0.2, -0.15) is 0 Å². The molecule has 1 heterocycles. The number of ether oxygens (including phenoxy) is 2. The van der Waals surface area contributed by atoms with E-state index in [-0.39, 0.29) is 18.6 Å². The Kier molecular flexibility index (Phi) is 5.43. The first-order valence-corrected chi connectivity index (χ1v) is 7.63. The number of hydrogen-bond acceptors (Lipinski definition) is 3. The van der Waals surface area contributed by atoms with E-state index >= 15 is 0 Å². The van der Waals surface area contributed by atoms with Crippen molar-refractivity contribution >= 4 is 21.8 Å². The van der Waals surface area contributed by atoms with Gasteiger partial charge in [-0.1, -0.05) is 15.9 Å². The van der Waals surface area contributed by atoms with Crippen LogP contribution in [-0.2, 0) is 9.53 Å². The van der Waals surface area contributed by atoms with Gasteiger partial charge < -0.3 is 14.8 Å². The van der Waals surface area contributed by atoms with Gasteiger partial charge in [-0.25, -0.2) is 0 Å². The predicted molar refractivity (Wildman–Crippen MR) is 81.1 cm³/mol. The van der Waals surface area contributed by atoms with Crippen LogP contribution in [0.4, 0.5) is 0 Å². The van der Waals surface area contributed by atoms with E-state index in [1.54, 1.807) is 0 Å². The van der Waals surface area contributed by atoms with Crippen LogP contribution < -0.4 is 10.1 Å². The summed E-state index contributed by atoms with van der Waals surface area (Å²) in [5, 5.41) is 2.84. The van der Waals surface area contributed by atoms with Crippen LogP contribution in [0.15, 0.2) is 16.6 Å². The molecule has 110 valence electrons. The monoisotopic (exact) mass is 341 g/mol. The molecule has 2 rings (SSSR count). The molecule has 0 aromatic heterocycles. The SMILES string of the molecule is Cc1cc(OCC(=O)NC[C@@H]2CCCO2)c(C)cc1Br. The fourth-order valence-corrected chi connectivity index (χ4v) is 2.60. The van der Waals surface area contributed by atoms with Crippen molar-refractivity contribution in [1.82, 2.24) is 5.32 Å². The van der Waals surface area contributed by atoms with Crippen molar-refractivity contribution < 1.29 is 14.3 Å². The van der Waals surface area contributed by atoms with Crippen LogP contribution in [0.1, 0.15) is 24.0 Å². The van der Waals surface area contributed by atoms with E-state index in [1.165, 1.54) is 0 Å². The summed E-state index contributed by atoms with van der Waals surface area (Å²) in [4.78, 5) is 11.7. The first-order chi connectivity index (χ1) is 9.56. The maximum absolute atomic E-state index is 11.7. The molecular weight excluding hydrogens is 322 g/mol. The summed E-state index contributed by atoms with van der Waals surface area (Å²) in [7, 11) is 0. The van der Waals surface area contributed by atoms with Gasteiger partial charge >= 0.3 is 0 Å². The zero-order chi connectivity index (χ0) is 14.5. The first kappa shape index (κ1) is 15.3. The number of amides is 1. The van der Waals surface area contributed by atoms with E-state index in [0.29, 0.717) is 6.54 Å². The molecule has 1 fully saturated rings. The summed E-state index contributed by atoms with van der Waals surface area (Å²) in [5.74, 6) is 0.637. The lowest BCUT2D eigenvalue weighted by Crippen LogP contribution is -2.35. The van der Waals surface area contributed by atoms with E-state index in [2.05, 4.69) is 21.2 Å². The minimum Gasteiger partial charge on any atom is -0.483 e. The number of benzene rings is 1. The van der Waals surface area contributed by atoms with Gasteiger partial charge in [0.25, 0.3) is 5.91 Å². The van der Waals surface area contributed by atoms with E-state index in [0.717, 1.165) is 40.8 Å². The molecule has 1 N–H and O–H groups in total. The number of aryl methyl sites for hydroxylation is 2. The second-order valence-electron chi connectivity index (χ2n) is 5.09. The van der Waals surface area contributed by atoms with Gasteiger partial charge in [0, 0.05) is 17.6 Å². The van der Waals surface area contributed by atoms with E-state index in [1.807, 2.05) is 26.0 Å².